The normalized spacial score (nSPS) is 15.2. The fourth-order valence-corrected chi connectivity index (χ4v) is 2.85. The fourth-order valence-electron chi connectivity index (χ4n) is 1.46. The molecule has 15 heavy (non-hydrogen) atoms. The van der Waals surface area contributed by atoms with Crippen LogP contribution < -0.4 is 5.32 Å². The van der Waals surface area contributed by atoms with Crippen molar-refractivity contribution in [2.45, 2.75) is 39.3 Å². The molecular formula is C11H20N2S2. The number of thioether (sulfide) groups is 1. The molecule has 0 radical (unpaired) electrons. The molecule has 2 nitrogen and oxygen atoms in total. The maximum Gasteiger partial charge on any atom is 0.0897 e. The Balaban J connectivity index is 2.38. The van der Waals surface area contributed by atoms with E-state index in [-0.39, 0.29) is 0 Å². The zero-order chi connectivity index (χ0) is 11.3. The minimum Gasteiger partial charge on any atom is -0.307 e. The number of aryl methyl sites for hydroxylation is 1. The van der Waals surface area contributed by atoms with Gasteiger partial charge in [-0.2, -0.15) is 11.8 Å². The Kier molecular flexibility index (Phi) is 5.64. The molecule has 0 fully saturated rings. The number of nitrogens with zero attached hydrogens (tertiary/aromatic N) is 1. The summed E-state index contributed by atoms with van der Waals surface area (Å²) < 4.78 is 0. The van der Waals surface area contributed by atoms with Crippen molar-refractivity contribution in [3.8, 4) is 0 Å². The van der Waals surface area contributed by atoms with E-state index in [1.54, 1.807) is 11.3 Å². The van der Waals surface area contributed by atoms with E-state index >= 15 is 0 Å². The Hall–Kier alpha value is -0.0600. The number of aromatic nitrogens is 1. The molecule has 0 saturated carbocycles. The van der Waals surface area contributed by atoms with Crippen LogP contribution in [-0.4, -0.2) is 23.0 Å². The molecule has 1 aromatic rings. The molecule has 4 heteroatoms. The van der Waals surface area contributed by atoms with Crippen LogP contribution in [0.4, 0.5) is 0 Å². The van der Waals surface area contributed by atoms with Crippen LogP contribution in [0.25, 0.3) is 0 Å². The molecule has 0 aromatic carbocycles. The van der Waals surface area contributed by atoms with Crippen LogP contribution in [0.15, 0.2) is 6.20 Å². The average Bonchev–Trinajstić information content (AvgIpc) is 2.61. The van der Waals surface area contributed by atoms with Crippen molar-refractivity contribution >= 4 is 23.1 Å². The predicted molar refractivity (Wildman–Crippen MR) is 70.9 cm³/mol. The quantitative estimate of drug-likeness (QED) is 0.831. The van der Waals surface area contributed by atoms with Crippen LogP contribution in [0.3, 0.4) is 0 Å². The molecule has 0 aliphatic rings. The summed E-state index contributed by atoms with van der Waals surface area (Å²) in [6, 6.07) is 1.00. The highest BCUT2D eigenvalue weighted by atomic mass is 32.2. The summed E-state index contributed by atoms with van der Waals surface area (Å²) in [5.41, 5.74) is 0. The largest absolute Gasteiger partial charge is 0.307 e. The van der Waals surface area contributed by atoms with Gasteiger partial charge in [0.1, 0.15) is 0 Å². The van der Waals surface area contributed by atoms with Gasteiger partial charge in [0.15, 0.2) is 0 Å². The number of hydrogen-bond donors (Lipinski definition) is 1. The summed E-state index contributed by atoms with van der Waals surface area (Å²) >= 11 is 3.69. The smallest absolute Gasteiger partial charge is 0.0897 e. The van der Waals surface area contributed by atoms with Crippen LogP contribution in [0, 0.1) is 6.92 Å². The molecule has 0 spiro atoms. The van der Waals surface area contributed by atoms with Crippen molar-refractivity contribution in [2.75, 3.05) is 12.0 Å². The van der Waals surface area contributed by atoms with Gasteiger partial charge in [-0.15, -0.1) is 11.3 Å². The van der Waals surface area contributed by atoms with Gasteiger partial charge in [0, 0.05) is 23.2 Å². The summed E-state index contributed by atoms with van der Waals surface area (Å²) in [5, 5.41) is 4.75. The van der Waals surface area contributed by atoms with Crippen LogP contribution in [-0.2, 0) is 0 Å². The third kappa shape index (κ3) is 4.53. The van der Waals surface area contributed by atoms with Gasteiger partial charge < -0.3 is 5.32 Å². The summed E-state index contributed by atoms with van der Waals surface area (Å²) in [7, 11) is 0. The molecule has 1 heterocycles. The molecule has 1 N–H and O–H groups in total. The van der Waals surface area contributed by atoms with Crippen LogP contribution in [0.5, 0.6) is 0 Å². The number of rotatable bonds is 6. The van der Waals surface area contributed by atoms with Crippen LogP contribution >= 0.6 is 23.1 Å². The van der Waals surface area contributed by atoms with Gasteiger partial charge in [0.2, 0.25) is 0 Å². The highest BCUT2D eigenvalue weighted by molar-refractivity contribution is 7.98. The first-order valence-electron chi connectivity index (χ1n) is 5.30. The van der Waals surface area contributed by atoms with Gasteiger partial charge in [-0.25, -0.2) is 4.98 Å². The molecule has 0 saturated heterocycles. The first-order valence-corrected chi connectivity index (χ1v) is 7.51. The summed E-state index contributed by atoms with van der Waals surface area (Å²) in [4.78, 5) is 5.62. The van der Waals surface area contributed by atoms with Crippen molar-refractivity contribution < 1.29 is 0 Å². The molecule has 86 valence electrons. The van der Waals surface area contributed by atoms with Gasteiger partial charge in [0.05, 0.1) is 5.01 Å². The maximum absolute atomic E-state index is 4.28. The molecule has 2 atom stereocenters. The Morgan fingerprint density at radius 3 is 2.80 bits per heavy atom. The van der Waals surface area contributed by atoms with E-state index in [4.69, 9.17) is 0 Å². The molecule has 0 bridgehead atoms. The number of hydrogen-bond acceptors (Lipinski definition) is 4. The topological polar surface area (TPSA) is 24.9 Å². The summed E-state index contributed by atoms with van der Waals surface area (Å²) in [6.45, 7) is 6.52. The fraction of sp³-hybridized carbons (Fsp3) is 0.727. The molecular weight excluding hydrogens is 224 g/mol. The Morgan fingerprint density at radius 2 is 2.27 bits per heavy atom. The van der Waals surface area contributed by atoms with E-state index < -0.39 is 0 Å². The van der Waals surface area contributed by atoms with Crippen molar-refractivity contribution in [1.82, 2.24) is 10.3 Å². The zero-order valence-electron chi connectivity index (χ0n) is 9.91. The highest BCUT2D eigenvalue weighted by Gasteiger charge is 2.11. The number of nitrogens with one attached hydrogen (secondary N) is 1. The van der Waals surface area contributed by atoms with Gasteiger partial charge in [-0.1, -0.05) is 0 Å². The third-order valence-corrected chi connectivity index (χ3v) is 4.09. The molecule has 1 aromatic heterocycles. The SMILES string of the molecule is CSCCC(C)NC(C)c1cnc(C)s1. The molecule has 2 unspecified atom stereocenters. The molecule has 1 rings (SSSR count). The predicted octanol–water partition coefficient (Wildman–Crippen LogP) is 3.24. The Bertz CT molecular complexity index is 286. The van der Waals surface area contributed by atoms with E-state index in [2.05, 4.69) is 37.3 Å². The minimum absolute atomic E-state index is 0.424. The average molecular weight is 244 g/mol. The lowest BCUT2D eigenvalue weighted by molar-refractivity contribution is 0.476. The minimum atomic E-state index is 0.424. The van der Waals surface area contributed by atoms with E-state index in [9.17, 15) is 0 Å². The second-order valence-corrected chi connectivity index (χ2v) is 6.10. The second kappa shape index (κ2) is 6.51. The second-order valence-electron chi connectivity index (χ2n) is 3.85. The van der Waals surface area contributed by atoms with Crippen LogP contribution in [0.1, 0.15) is 36.2 Å². The maximum atomic E-state index is 4.28. The lowest BCUT2D eigenvalue weighted by Crippen LogP contribution is -2.28. The van der Waals surface area contributed by atoms with E-state index in [0.29, 0.717) is 12.1 Å². The van der Waals surface area contributed by atoms with Crippen molar-refractivity contribution in [3.63, 3.8) is 0 Å². The van der Waals surface area contributed by atoms with E-state index in [1.165, 1.54) is 17.1 Å². The van der Waals surface area contributed by atoms with Crippen molar-refractivity contribution in [3.05, 3.63) is 16.1 Å². The standard InChI is InChI=1S/C11H20N2S2/c1-8(5-6-14-4)13-9(2)11-7-12-10(3)15-11/h7-9,13H,5-6H2,1-4H3. The summed E-state index contributed by atoms with van der Waals surface area (Å²) in [6.07, 6.45) is 5.37. The van der Waals surface area contributed by atoms with E-state index in [0.717, 1.165) is 5.01 Å². The van der Waals surface area contributed by atoms with Gasteiger partial charge in [0.25, 0.3) is 0 Å². The lowest BCUT2D eigenvalue weighted by Gasteiger charge is -2.18. The van der Waals surface area contributed by atoms with Crippen LogP contribution in [0.2, 0.25) is 0 Å². The highest BCUT2D eigenvalue weighted by Crippen LogP contribution is 2.20. The third-order valence-electron chi connectivity index (χ3n) is 2.36. The zero-order valence-corrected chi connectivity index (χ0v) is 11.5. The molecule has 0 aliphatic heterocycles. The first kappa shape index (κ1) is 13.0. The van der Waals surface area contributed by atoms with Crippen molar-refractivity contribution in [1.29, 1.82) is 0 Å². The monoisotopic (exact) mass is 244 g/mol. The summed E-state index contributed by atoms with van der Waals surface area (Å²) in [5.74, 6) is 1.22. The molecule has 0 aliphatic carbocycles. The van der Waals surface area contributed by atoms with Gasteiger partial charge in [-0.3, -0.25) is 0 Å². The van der Waals surface area contributed by atoms with Crippen molar-refractivity contribution in [2.24, 2.45) is 0 Å². The van der Waals surface area contributed by atoms with E-state index in [1.807, 2.05) is 18.0 Å². The van der Waals surface area contributed by atoms with Gasteiger partial charge in [-0.05, 0) is 39.2 Å². The first-order chi connectivity index (χ1) is 7.13. The van der Waals surface area contributed by atoms with Gasteiger partial charge >= 0.3 is 0 Å². The Labute approximate surface area is 101 Å². The number of thiazole rings is 1. The Morgan fingerprint density at radius 1 is 1.53 bits per heavy atom. The lowest BCUT2D eigenvalue weighted by atomic mass is 10.2. The molecule has 0 amide bonds.